The smallest absolute Gasteiger partial charge is 0.264 e. The van der Waals surface area contributed by atoms with Gasteiger partial charge in [0.15, 0.2) is 0 Å². The van der Waals surface area contributed by atoms with Crippen molar-refractivity contribution in [2.75, 3.05) is 17.9 Å². The Balaban J connectivity index is 2.04. The van der Waals surface area contributed by atoms with E-state index >= 15 is 0 Å². The number of amides is 2. The first-order valence-corrected chi connectivity index (χ1v) is 12.9. The van der Waals surface area contributed by atoms with Gasteiger partial charge in [0.1, 0.15) is 12.6 Å². The average Bonchev–Trinajstić information content (AvgIpc) is 2.86. The molecule has 7 nitrogen and oxygen atoms in total. The number of benzene rings is 3. The maximum absolute atomic E-state index is 13.6. The van der Waals surface area contributed by atoms with E-state index in [0.29, 0.717) is 15.6 Å². The summed E-state index contributed by atoms with van der Waals surface area (Å²) in [6, 6.07) is 20.1. The third-order valence-corrected chi connectivity index (χ3v) is 7.81. The third-order valence-electron chi connectivity index (χ3n) is 5.42. The molecule has 0 aliphatic carbocycles. The van der Waals surface area contributed by atoms with Crippen LogP contribution in [0.3, 0.4) is 0 Å². The number of nitrogens with one attached hydrogen (secondary N) is 1. The van der Waals surface area contributed by atoms with E-state index in [2.05, 4.69) is 5.32 Å². The molecule has 3 aromatic rings. The topological polar surface area (TPSA) is 86.8 Å². The molecule has 35 heavy (non-hydrogen) atoms. The Morgan fingerprint density at radius 1 is 0.943 bits per heavy atom. The first-order chi connectivity index (χ1) is 16.6. The predicted octanol–water partition coefficient (Wildman–Crippen LogP) is 4.35. The molecule has 0 unspecified atom stereocenters. The molecule has 10 heteroatoms. The van der Waals surface area contributed by atoms with E-state index in [1.807, 2.05) is 0 Å². The van der Waals surface area contributed by atoms with Crippen LogP contribution in [0.5, 0.6) is 0 Å². The number of hydrogen-bond acceptors (Lipinski definition) is 4. The van der Waals surface area contributed by atoms with E-state index in [-0.39, 0.29) is 17.1 Å². The summed E-state index contributed by atoms with van der Waals surface area (Å²) in [7, 11) is -2.66. The molecule has 3 aromatic carbocycles. The molecule has 0 bridgehead atoms. The lowest BCUT2D eigenvalue weighted by molar-refractivity contribution is -0.139. The Morgan fingerprint density at radius 2 is 1.60 bits per heavy atom. The molecule has 2 amide bonds. The minimum Gasteiger partial charge on any atom is -0.357 e. The van der Waals surface area contributed by atoms with Crippen molar-refractivity contribution in [3.63, 3.8) is 0 Å². The van der Waals surface area contributed by atoms with Crippen LogP contribution in [0.15, 0.2) is 83.8 Å². The van der Waals surface area contributed by atoms with Crippen molar-refractivity contribution in [2.45, 2.75) is 24.4 Å². The Hall–Kier alpha value is -3.07. The molecule has 0 aromatic heterocycles. The summed E-state index contributed by atoms with van der Waals surface area (Å²) >= 11 is 12.4. The Labute approximate surface area is 215 Å². The van der Waals surface area contributed by atoms with Gasteiger partial charge in [0.05, 0.1) is 10.6 Å². The number of hydrogen-bond donors (Lipinski definition) is 1. The van der Waals surface area contributed by atoms with Crippen LogP contribution < -0.4 is 9.62 Å². The number of anilines is 1. The molecule has 0 heterocycles. The van der Waals surface area contributed by atoms with Gasteiger partial charge in [-0.3, -0.25) is 13.9 Å². The monoisotopic (exact) mass is 533 g/mol. The molecule has 0 spiro atoms. The lowest BCUT2D eigenvalue weighted by Crippen LogP contribution is -2.50. The Kier molecular flexibility index (Phi) is 8.77. The van der Waals surface area contributed by atoms with Gasteiger partial charge in [0.25, 0.3) is 10.0 Å². The SMILES string of the molecule is CNC(=O)[C@@H](C)N(Cc1ccccc1Cl)C(=O)CN(c1cccc(Cl)c1)S(=O)(=O)c1ccccc1. The zero-order valence-electron chi connectivity index (χ0n) is 19.2. The largest absolute Gasteiger partial charge is 0.357 e. The van der Waals surface area contributed by atoms with Gasteiger partial charge in [0.2, 0.25) is 11.8 Å². The van der Waals surface area contributed by atoms with Crippen LogP contribution in [0, 0.1) is 0 Å². The second-order valence-corrected chi connectivity index (χ2v) is 10.4. The number of sulfonamides is 1. The maximum Gasteiger partial charge on any atom is 0.264 e. The minimum atomic E-state index is -4.13. The molecule has 0 saturated carbocycles. The lowest BCUT2D eigenvalue weighted by atomic mass is 10.1. The quantitative estimate of drug-likeness (QED) is 0.442. The van der Waals surface area contributed by atoms with Crippen molar-refractivity contribution in [3.05, 3.63) is 94.5 Å². The van der Waals surface area contributed by atoms with Crippen LogP contribution in [0.4, 0.5) is 5.69 Å². The van der Waals surface area contributed by atoms with Gasteiger partial charge in [-0.05, 0) is 48.9 Å². The van der Waals surface area contributed by atoms with E-state index in [9.17, 15) is 18.0 Å². The minimum absolute atomic E-state index is 0.0157. The van der Waals surface area contributed by atoms with E-state index in [0.717, 1.165) is 4.31 Å². The zero-order chi connectivity index (χ0) is 25.6. The maximum atomic E-state index is 13.6. The number of likely N-dealkylation sites (N-methyl/N-ethyl adjacent to an activating group) is 1. The summed E-state index contributed by atoms with van der Waals surface area (Å²) in [6.07, 6.45) is 0. The van der Waals surface area contributed by atoms with Crippen molar-refractivity contribution < 1.29 is 18.0 Å². The number of carbonyl (C=O) groups is 2. The number of nitrogens with zero attached hydrogens (tertiary/aromatic N) is 2. The molecule has 0 aliphatic rings. The number of rotatable bonds is 9. The summed E-state index contributed by atoms with van der Waals surface area (Å²) in [4.78, 5) is 27.4. The molecule has 0 saturated heterocycles. The van der Waals surface area contributed by atoms with Gasteiger partial charge in [0, 0.05) is 23.6 Å². The Morgan fingerprint density at radius 3 is 2.23 bits per heavy atom. The molecule has 0 fully saturated rings. The lowest BCUT2D eigenvalue weighted by Gasteiger charge is -2.32. The molecule has 184 valence electrons. The zero-order valence-corrected chi connectivity index (χ0v) is 21.5. The van der Waals surface area contributed by atoms with Crippen molar-refractivity contribution in [1.82, 2.24) is 10.2 Å². The predicted molar refractivity (Wildman–Crippen MR) is 138 cm³/mol. The fourth-order valence-corrected chi connectivity index (χ4v) is 5.29. The van der Waals surface area contributed by atoms with Crippen molar-refractivity contribution in [2.24, 2.45) is 0 Å². The number of halogens is 2. The van der Waals surface area contributed by atoms with Gasteiger partial charge < -0.3 is 10.2 Å². The van der Waals surface area contributed by atoms with Gasteiger partial charge in [-0.25, -0.2) is 8.42 Å². The van der Waals surface area contributed by atoms with Crippen molar-refractivity contribution in [1.29, 1.82) is 0 Å². The molecule has 3 rings (SSSR count). The van der Waals surface area contributed by atoms with E-state index in [1.54, 1.807) is 67.6 Å². The first-order valence-electron chi connectivity index (χ1n) is 10.7. The highest BCUT2D eigenvalue weighted by molar-refractivity contribution is 7.92. The summed E-state index contributed by atoms with van der Waals surface area (Å²) in [5, 5.41) is 3.28. The van der Waals surface area contributed by atoms with Crippen molar-refractivity contribution in [3.8, 4) is 0 Å². The van der Waals surface area contributed by atoms with Crippen LogP contribution >= 0.6 is 23.2 Å². The Bertz CT molecular complexity index is 1300. The summed E-state index contributed by atoms with van der Waals surface area (Å²) < 4.78 is 28.2. The van der Waals surface area contributed by atoms with Crippen LogP contribution in [0.1, 0.15) is 12.5 Å². The standard InChI is InChI=1S/C25H25Cl2N3O4S/c1-18(25(32)28-2)29(16-19-9-6-7-14-23(19)27)24(31)17-30(21-11-8-10-20(26)15-21)35(33,34)22-12-4-3-5-13-22/h3-15,18H,16-17H2,1-2H3,(H,28,32)/t18-/m1/s1. The summed E-state index contributed by atoms with van der Waals surface area (Å²) in [5.74, 6) is -0.980. The average molecular weight is 534 g/mol. The van der Waals surface area contributed by atoms with Crippen molar-refractivity contribution >= 4 is 50.7 Å². The fraction of sp³-hybridized carbons (Fsp3) is 0.200. The highest BCUT2D eigenvalue weighted by atomic mass is 35.5. The highest BCUT2D eigenvalue weighted by Gasteiger charge is 2.32. The van der Waals surface area contributed by atoms with E-state index in [4.69, 9.17) is 23.2 Å². The van der Waals surface area contributed by atoms with Crippen LogP contribution in [-0.2, 0) is 26.2 Å². The molecule has 1 N–H and O–H groups in total. The van der Waals surface area contributed by atoms with E-state index < -0.39 is 34.4 Å². The normalized spacial score (nSPS) is 12.0. The van der Waals surface area contributed by atoms with Crippen LogP contribution in [0.2, 0.25) is 10.0 Å². The van der Waals surface area contributed by atoms with Crippen LogP contribution in [0.25, 0.3) is 0 Å². The number of carbonyl (C=O) groups excluding carboxylic acids is 2. The summed E-state index contributed by atoms with van der Waals surface area (Å²) in [5.41, 5.74) is 0.846. The summed E-state index contributed by atoms with van der Waals surface area (Å²) in [6.45, 7) is 1.04. The van der Waals surface area contributed by atoms with Gasteiger partial charge in [-0.2, -0.15) is 0 Å². The molecular weight excluding hydrogens is 509 g/mol. The van der Waals surface area contributed by atoms with Gasteiger partial charge in [-0.1, -0.05) is 65.7 Å². The third kappa shape index (κ3) is 6.33. The molecule has 1 atom stereocenters. The second-order valence-electron chi connectivity index (χ2n) is 7.71. The van der Waals surface area contributed by atoms with Gasteiger partial charge >= 0.3 is 0 Å². The molecule has 0 radical (unpaired) electrons. The van der Waals surface area contributed by atoms with E-state index in [1.165, 1.54) is 30.1 Å². The first kappa shape index (κ1) is 26.5. The fourth-order valence-electron chi connectivity index (χ4n) is 3.48. The molecule has 0 aliphatic heterocycles. The van der Waals surface area contributed by atoms with Gasteiger partial charge in [-0.15, -0.1) is 0 Å². The second kappa shape index (κ2) is 11.6. The highest BCUT2D eigenvalue weighted by Crippen LogP contribution is 2.27. The molecular formula is C25H25Cl2N3O4S. The van der Waals surface area contributed by atoms with Crippen LogP contribution in [-0.4, -0.2) is 44.8 Å².